The van der Waals surface area contributed by atoms with Gasteiger partial charge in [0.15, 0.2) is 5.90 Å². The monoisotopic (exact) mass is 310 g/mol. The molecule has 1 aromatic heterocycles. The van der Waals surface area contributed by atoms with Gasteiger partial charge in [0.1, 0.15) is 12.4 Å². The van der Waals surface area contributed by atoms with Gasteiger partial charge >= 0.3 is 0 Å². The highest BCUT2D eigenvalue weighted by Gasteiger charge is 2.05. The average Bonchev–Trinajstić information content (AvgIpc) is 2.59. The summed E-state index contributed by atoms with van der Waals surface area (Å²) in [6.45, 7) is 8.50. The van der Waals surface area contributed by atoms with E-state index >= 15 is 0 Å². The van der Waals surface area contributed by atoms with Crippen molar-refractivity contribution in [1.29, 1.82) is 0 Å². The van der Waals surface area contributed by atoms with Gasteiger partial charge in [0, 0.05) is 29.9 Å². The molecule has 0 radical (unpaired) electrons. The fourth-order valence-corrected chi connectivity index (χ4v) is 2.14. The van der Waals surface area contributed by atoms with Crippen LogP contribution in [0.2, 0.25) is 0 Å². The molecule has 1 aromatic carbocycles. The molecule has 0 saturated carbocycles. The molecule has 0 unspecified atom stereocenters. The minimum absolute atomic E-state index is 0.454. The first-order chi connectivity index (χ1) is 11.1. The van der Waals surface area contributed by atoms with E-state index < -0.39 is 0 Å². The van der Waals surface area contributed by atoms with Crippen molar-refractivity contribution in [2.75, 3.05) is 7.11 Å². The van der Waals surface area contributed by atoms with Crippen LogP contribution >= 0.6 is 0 Å². The van der Waals surface area contributed by atoms with E-state index in [1.165, 1.54) is 0 Å². The summed E-state index contributed by atoms with van der Waals surface area (Å²) in [5.74, 6) is 1.52. The highest BCUT2D eigenvalue weighted by Crippen LogP contribution is 2.23. The van der Waals surface area contributed by atoms with Crippen molar-refractivity contribution >= 4 is 11.6 Å². The summed E-state index contributed by atoms with van der Waals surface area (Å²) in [7, 11) is 1.66. The van der Waals surface area contributed by atoms with Crippen LogP contribution in [-0.2, 0) is 11.3 Å². The summed E-state index contributed by atoms with van der Waals surface area (Å²) in [6.07, 6.45) is 4.23. The smallest absolute Gasteiger partial charge is 0.188 e. The van der Waals surface area contributed by atoms with Gasteiger partial charge < -0.3 is 9.47 Å². The number of aliphatic imine (C=N–C) groups is 1. The molecule has 0 bridgehead atoms. The second kappa shape index (κ2) is 8.13. The lowest BCUT2D eigenvalue weighted by atomic mass is 10.1. The lowest BCUT2D eigenvalue weighted by Crippen LogP contribution is -2.04. The van der Waals surface area contributed by atoms with Gasteiger partial charge in [-0.1, -0.05) is 19.6 Å². The minimum Gasteiger partial charge on any atom is -0.496 e. The third-order valence-electron chi connectivity index (χ3n) is 3.42. The van der Waals surface area contributed by atoms with Gasteiger partial charge in [-0.05, 0) is 36.8 Å². The fourth-order valence-electron chi connectivity index (χ4n) is 2.14. The Bertz CT molecular complexity index is 694. The zero-order valence-corrected chi connectivity index (χ0v) is 13.9. The number of methoxy groups -OCH3 is 1. The van der Waals surface area contributed by atoms with Crippen molar-refractivity contribution < 1.29 is 9.47 Å². The van der Waals surface area contributed by atoms with Gasteiger partial charge in [-0.3, -0.25) is 4.98 Å². The largest absolute Gasteiger partial charge is 0.496 e. The van der Waals surface area contributed by atoms with Crippen molar-refractivity contribution in [3.63, 3.8) is 0 Å². The van der Waals surface area contributed by atoms with Gasteiger partial charge in [0.05, 0.1) is 12.8 Å². The zero-order chi connectivity index (χ0) is 16.7. The standard InChI is InChI=1S/C19H22N2O2/c1-5-19(23-13-16-7-6-10-20-12-16)21-15(3)17-8-9-18(22-4)14(2)11-17/h6-12H,3,5,13H2,1-2,4H3. The average molecular weight is 310 g/mol. The summed E-state index contributed by atoms with van der Waals surface area (Å²) in [4.78, 5) is 8.59. The highest BCUT2D eigenvalue weighted by atomic mass is 16.5. The van der Waals surface area contributed by atoms with Crippen LogP contribution < -0.4 is 4.74 Å². The maximum atomic E-state index is 5.77. The normalized spacial score (nSPS) is 11.2. The Kier molecular flexibility index (Phi) is 5.92. The summed E-state index contributed by atoms with van der Waals surface area (Å²) in [5.41, 5.74) is 3.70. The van der Waals surface area contributed by atoms with E-state index in [1.54, 1.807) is 19.5 Å². The van der Waals surface area contributed by atoms with Crippen molar-refractivity contribution in [2.45, 2.75) is 26.9 Å². The van der Waals surface area contributed by atoms with E-state index in [-0.39, 0.29) is 0 Å². The summed E-state index contributed by atoms with van der Waals surface area (Å²) < 4.78 is 11.0. The first-order valence-electron chi connectivity index (χ1n) is 7.57. The van der Waals surface area contributed by atoms with Gasteiger partial charge in [-0.2, -0.15) is 0 Å². The number of nitrogens with zero attached hydrogens (tertiary/aromatic N) is 2. The maximum absolute atomic E-state index is 5.77. The number of rotatable bonds is 6. The minimum atomic E-state index is 0.454. The molecule has 0 saturated heterocycles. The van der Waals surface area contributed by atoms with E-state index in [2.05, 4.69) is 16.6 Å². The van der Waals surface area contributed by atoms with Gasteiger partial charge in [0.25, 0.3) is 0 Å². The predicted molar refractivity (Wildman–Crippen MR) is 93.5 cm³/mol. The van der Waals surface area contributed by atoms with E-state index in [4.69, 9.17) is 9.47 Å². The third kappa shape index (κ3) is 4.68. The SMILES string of the molecule is C=C(N=C(CC)OCc1cccnc1)c1ccc(OC)c(C)c1. The second-order valence-corrected chi connectivity index (χ2v) is 5.14. The number of benzene rings is 1. The van der Waals surface area contributed by atoms with E-state index in [9.17, 15) is 0 Å². The van der Waals surface area contributed by atoms with Crippen LogP contribution in [0.4, 0.5) is 0 Å². The van der Waals surface area contributed by atoms with Crippen molar-refractivity contribution in [3.05, 3.63) is 66.0 Å². The molecule has 2 rings (SSSR count). The van der Waals surface area contributed by atoms with Crippen LogP contribution in [0.1, 0.15) is 30.0 Å². The molecule has 1 heterocycles. The highest BCUT2D eigenvalue weighted by molar-refractivity contribution is 5.83. The maximum Gasteiger partial charge on any atom is 0.188 e. The summed E-state index contributed by atoms with van der Waals surface area (Å²) >= 11 is 0. The van der Waals surface area contributed by atoms with E-state index in [0.717, 1.165) is 22.4 Å². The molecule has 0 aliphatic heterocycles. The van der Waals surface area contributed by atoms with Crippen molar-refractivity contribution in [3.8, 4) is 5.75 Å². The van der Waals surface area contributed by atoms with Crippen LogP contribution in [0, 0.1) is 6.92 Å². The van der Waals surface area contributed by atoms with Crippen LogP contribution in [0.3, 0.4) is 0 Å². The number of hydrogen-bond acceptors (Lipinski definition) is 4. The molecule has 0 atom stereocenters. The first-order valence-corrected chi connectivity index (χ1v) is 7.57. The topological polar surface area (TPSA) is 43.7 Å². The Hall–Kier alpha value is -2.62. The molecule has 4 nitrogen and oxygen atoms in total. The lowest BCUT2D eigenvalue weighted by molar-refractivity contribution is 0.284. The van der Waals surface area contributed by atoms with Gasteiger partial charge in [-0.15, -0.1) is 0 Å². The quantitative estimate of drug-likeness (QED) is 0.587. The Balaban J connectivity index is 2.07. The van der Waals surface area contributed by atoms with Gasteiger partial charge in [-0.25, -0.2) is 4.99 Å². The number of aryl methyl sites for hydroxylation is 1. The Morgan fingerprint density at radius 3 is 2.74 bits per heavy atom. The van der Waals surface area contributed by atoms with Crippen LogP contribution in [-0.4, -0.2) is 18.0 Å². The Morgan fingerprint density at radius 1 is 1.30 bits per heavy atom. The fraction of sp³-hybridized carbons (Fsp3) is 0.263. The van der Waals surface area contributed by atoms with Crippen LogP contribution in [0.5, 0.6) is 5.75 Å². The van der Waals surface area contributed by atoms with Crippen molar-refractivity contribution in [1.82, 2.24) is 4.98 Å². The first kappa shape index (κ1) is 16.7. The number of hydrogen-bond donors (Lipinski definition) is 0. The van der Waals surface area contributed by atoms with E-state index in [1.807, 2.05) is 44.2 Å². The summed E-state index contributed by atoms with van der Waals surface area (Å²) in [5, 5.41) is 0. The Labute approximate surface area is 137 Å². The molecular formula is C19H22N2O2. The number of ether oxygens (including phenoxy) is 2. The number of pyridine rings is 1. The third-order valence-corrected chi connectivity index (χ3v) is 3.42. The van der Waals surface area contributed by atoms with Crippen molar-refractivity contribution in [2.24, 2.45) is 4.99 Å². The molecule has 4 heteroatoms. The predicted octanol–water partition coefficient (Wildman–Crippen LogP) is 4.39. The second-order valence-electron chi connectivity index (χ2n) is 5.14. The molecule has 0 aliphatic carbocycles. The van der Waals surface area contributed by atoms with Crippen LogP contribution in [0.25, 0.3) is 5.70 Å². The summed E-state index contributed by atoms with van der Waals surface area (Å²) in [6, 6.07) is 9.75. The number of aromatic nitrogens is 1. The molecule has 23 heavy (non-hydrogen) atoms. The van der Waals surface area contributed by atoms with E-state index in [0.29, 0.717) is 24.6 Å². The molecule has 0 aliphatic rings. The Morgan fingerprint density at radius 2 is 2.13 bits per heavy atom. The molecule has 0 N–H and O–H groups in total. The lowest BCUT2D eigenvalue weighted by Gasteiger charge is -2.10. The molecule has 0 fully saturated rings. The molecule has 2 aromatic rings. The van der Waals surface area contributed by atoms with Crippen LogP contribution in [0.15, 0.2) is 54.3 Å². The molecule has 0 spiro atoms. The molecule has 0 amide bonds. The zero-order valence-electron chi connectivity index (χ0n) is 13.9. The van der Waals surface area contributed by atoms with Gasteiger partial charge in [0.2, 0.25) is 0 Å². The molecular weight excluding hydrogens is 288 g/mol. The molecule has 120 valence electrons.